The van der Waals surface area contributed by atoms with Crippen molar-refractivity contribution in [2.75, 3.05) is 40.1 Å². The topological polar surface area (TPSA) is 80.9 Å². The van der Waals surface area contributed by atoms with E-state index in [1.54, 1.807) is 14.2 Å². The van der Waals surface area contributed by atoms with Gasteiger partial charge in [0, 0.05) is 43.7 Å². The first kappa shape index (κ1) is 20.1. The first-order valence-corrected chi connectivity index (χ1v) is 11.2. The van der Waals surface area contributed by atoms with Crippen LogP contribution in [0.3, 0.4) is 0 Å². The molecule has 2 aliphatic rings. The number of methoxy groups -OCH3 is 2. The van der Waals surface area contributed by atoms with Crippen molar-refractivity contribution in [1.29, 1.82) is 0 Å². The van der Waals surface area contributed by atoms with Crippen LogP contribution in [0.2, 0.25) is 0 Å². The number of carbonyl (C=O) groups is 1. The van der Waals surface area contributed by atoms with Crippen LogP contribution in [0.5, 0.6) is 11.5 Å². The minimum absolute atomic E-state index is 0.0315. The fraction of sp³-hybridized carbons (Fsp3) is 0.391. The lowest BCUT2D eigenvalue weighted by atomic mass is 9.98. The van der Waals surface area contributed by atoms with Gasteiger partial charge < -0.3 is 25.0 Å². The number of hydrogen-bond donors (Lipinski definition) is 1. The summed E-state index contributed by atoms with van der Waals surface area (Å²) in [6.45, 7) is 3.03. The zero-order chi connectivity index (χ0) is 21.7. The maximum absolute atomic E-state index is 13.4. The van der Waals surface area contributed by atoms with Crippen molar-refractivity contribution in [1.82, 2.24) is 14.8 Å². The number of thiophene rings is 1. The molecule has 2 aromatic heterocycles. The Bertz CT molecular complexity index is 1190. The van der Waals surface area contributed by atoms with Crippen LogP contribution in [0.25, 0.3) is 10.2 Å². The van der Waals surface area contributed by atoms with Crippen LogP contribution in [-0.4, -0.2) is 55.0 Å². The second kappa shape index (κ2) is 7.69. The van der Waals surface area contributed by atoms with Gasteiger partial charge in [0.05, 0.1) is 19.9 Å². The van der Waals surface area contributed by atoms with Crippen molar-refractivity contribution >= 4 is 33.1 Å². The van der Waals surface area contributed by atoms with E-state index in [2.05, 4.69) is 18.0 Å². The lowest BCUT2D eigenvalue weighted by Crippen LogP contribution is -2.35. The molecule has 1 aromatic carbocycles. The van der Waals surface area contributed by atoms with Gasteiger partial charge in [0.15, 0.2) is 11.5 Å². The molecule has 0 aliphatic carbocycles. The number of nitrogens with two attached hydrogens (primary N) is 1. The Kier molecular flexibility index (Phi) is 4.98. The molecule has 4 heterocycles. The first-order chi connectivity index (χ1) is 15.0. The zero-order valence-corrected chi connectivity index (χ0v) is 18.8. The summed E-state index contributed by atoms with van der Waals surface area (Å²) in [7, 11) is 5.37. The SMILES string of the molecule is COc1cc2c(cc1OC)CN(C(=O)c1sc3nc4c(cc3c1N)CN(C)CC4)CC2. The lowest BCUT2D eigenvalue weighted by molar-refractivity contribution is 0.0740. The van der Waals surface area contributed by atoms with Crippen LogP contribution >= 0.6 is 11.3 Å². The number of benzene rings is 1. The zero-order valence-electron chi connectivity index (χ0n) is 18.0. The number of ether oxygens (including phenoxy) is 2. The highest BCUT2D eigenvalue weighted by Gasteiger charge is 2.28. The van der Waals surface area contributed by atoms with Crippen LogP contribution < -0.4 is 15.2 Å². The van der Waals surface area contributed by atoms with Crippen LogP contribution in [-0.2, 0) is 25.9 Å². The minimum atomic E-state index is -0.0315. The van der Waals surface area contributed by atoms with Gasteiger partial charge in [-0.15, -0.1) is 11.3 Å². The third kappa shape index (κ3) is 3.40. The lowest BCUT2D eigenvalue weighted by Gasteiger charge is -2.29. The molecule has 2 N–H and O–H groups in total. The molecule has 2 aliphatic heterocycles. The standard InChI is InChI=1S/C23H26N4O3S/c1-26-6-5-17-15(11-26)8-16-20(24)21(31-22(16)25-17)23(28)27-7-4-13-9-18(29-2)19(30-3)10-14(13)12-27/h8-10H,4-7,11-12,24H2,1-3H3. The van der Waals surface area contributed by atoms with E-state index in [-0.39, 0.29) is 5.91 Å². The maximum Gasteiger partial charge on any atom is 0.266 e. The molecule has 0 atom stereocenters. The summed E-state index contributed by atoms with van der Waals surface area (Å²) in [4.78, 5) is 23.8. The van der Waals surface area contributed by atoms with Gasteiger partial charge >= 0.3 is 0 Å². The molecule has 0 spiro atoms. The summed E-state index contributed by atoms with van der Waals surface area (Å²) in [5.74, 6) is 1.36. The van der Waals surface area contributed by atoms with Crippen molar-refractivity contribution in [3.8, 4) is 11.5 Å². The highest BCUT2D eigenvalue weighted by Crippen LogP contribution is 2.37. The van der Waals surface area contributed by atoms with Gasteiger partial charge in [0.25, 0.3) is 5.91 Å². The summed E-state index contributed by atoms with van der Waals surface area (Å²) in [6.07, 6.45) is 1.70. The predicted octanol–water partition coefficient (Wildman–Crippen LogP) is 3.08. The number of fused-ring (bicyclic) bond motifs is 3. The Balaban J connectivity index is 1.46. The minimum Gasteiger partial charge on any atom is -0.493 e. The van der Waals surface area contributed by atoms with Crippen LogP contribution in [0.15, 0.2) is 18.2 Å². The fourth-order valence-electron chi connectivity index (χ4n) is 4.50. The molecule has 8 heteroatoms. The normalized spacial score (nSPS) is 16.2. The molecule has 0 radical (unpaired) electrons. The van der Waals surface area contributed by atoms with Gasteiger partial charge in [-0.2, -0.15) is 0 Å². The van der Waals surface area contributed by atoms with Crippen LogP contribution in [0, 0.1) is 0 Å². The van der Waals surface area contributed by atoms with Gasteiger partial charge in [-0.05, 0) is 48.4 Å². The Hall–Kier alpha value is -2.84. The number of aromatic nitrogens is 1. The summed E-state index contributed by atoms with van der Waals surface area (Å²) in [5.41, 5.74) is 11.6. The van der Waals surface area contributed by atoms with Crippen molar-refractivity contribution in [2.24, 2.45) is 0 Å². The van der Waals surface area contributed by atoms with Crippen molar-refractivity contribution in [3.63, 3.8) is 0 Å². The average Bonchev–Trinajstić information content (AvgIpc) is 3.11. The summed E-state index contributed by atoms with van der Waals surface area (Å²) in [6, 6.07) is 6.10. The Morgan fingerprint density at radius 2 is 1.77 bits per heavy atom. The molecule has 0 saturated carbocycles. The van der Waals surface area contributed by atoms with E-state index in [1.165, 1.54) is 22.5 Å². The maximum atomic E-state index is 13.4. The average molecular weight is 439 g/mol. The van der Waals surface area contributed by atoms with Gasteiger partial charge in [0.2, 0.25) is 0 Å². The molecule has 3 aromatic rings. The van der Waals surface area contributed by atoms with Crippen LogP contribution in [0.1, 0.15) is 32.1 Å². The molecular formula is C23H26N4O3S. The number of nitrogen functional groups attached to an aromatic ring is 1. The Morgan fingerprint density at radius 1 is 1.03 bits per heavy atom. The molecule has 5 rings (SSSR count). The second-order valence-electron chi connectivity index (χ2n) is 8.23. The summed E-state index contributed by atoms with van der Waals surface area (Å²) >= 11 is 1.41. The fourth-order valence-corrected chi connectivity index (χ4v) is 5.56. The van der Waals surface area contributed by atoms with E-state index in [9.17, 15) is 4.79 Å². The van der Waals surface area contributed by atoms with E-state index < -0.39 is 0 Å². The van der Waals surface area contributed by atoms with Crippen molar-refractivity contribution in [3.05, 3.63) is 45.5 Å². The molecule has 0 bridgehead atoms. The van der Waals surface area contributed by atoms with Gasteiger partial charge in [-0.1, -0.05) is 0 Å². The Labute approximate surface area is 185 Å². The van der Waals surface area contributed by atoms with Crippen LogP contribution in [0.4, 0.5) is 5.69 Å². The molecular weight excluding hydrogens is 412 g/mol. The number of hydrogen-bond acceptors (Lipinski definition) is 7. The van der Waals surface area contributed by atoms with Gasteiger partial charge in [-0.3, -0.25) is 4.79 Å². The van der Waals surface area contributed by atoms with Gasteiger partial charge in [0.1, 0.15) is 9.71 Å². The van der Waals surface area contributed by atoms with Crippen molar-refractivity contribution < 1.29 is 14.3 Å². The molecule has 0 fully saturated rings. The monoisotopic (exact) mass is 438 g/mol. The highest BCUT2D eigenvalue weighted by molar-refractivity contribution is 7.21. The molecule has 31 heavy (non-hydrogen) atoms. The van der Waals surface area contributed by atoms with E-state index in [0.29, 0.717) is 29.4 Å². The van der Waals surface area contributed by atoms with Gasteiger partial charge in [-0.25, -0.2) is 4.98 Å². The molecule has 7 nitrogen and oxygen atoms in total. The largest absolute Gasteiger partial charge is 0.493 e. The molecule has 0 unspecified atom stereocenters. The van der Waals surface area contributed by atoms with E-state index in [1.807, 2.05) is 17.0 Å². The molecule has 0 saturated heterocycles. The first-order valence-electron chi connectivity index (χ1n) is 10.4. The summed E-state index contributed by atoms with van der Waals surface area (Å²) < 4.78 is 10.9. The van der Waals surface area contributed by atoms with E-state index in [0.717, 1.165) is 53.2 Å². The Morgan fingerprint density at radius 3 is 2.52 bits per heavy atom. The molecule has 162 valence electrons. The number of anilines is 1. The number of pyridine rings is 1. The predicted molar refractivity (Wildman–Crippen MR) is 122 cm³/mol. The highest BCUT2D eigenvalue weighted by atomic mass is 32.1. The third-order valence-corrected chi connectivity index (χ3v) is 7.36. The van der Waals surface area contributed by atoms with E-state index in [4.69, 9.17) is 20.2 Å². The number of carbonyl (C=O) groups excluding carboxylic acids is 1. The second-order valence-corrected chi connectivity index (χ2v) is 9.23. The van der Waals surface area contributed by atoms with Crippen molar-refractivity contribution in [2.45, 2.75) is 25.9 Å². The number of rotatable bonds is 3. The number of likely N-dealkylation sites (N-methyl/N-ethyl adjacent to an activating group) is 1. The summed E-state index contributed by atoms with van der Waals surface area (Å²) in [5, 5.41) is 0.895. The smallest absolute Gasteiger partial charge is 0.266 e. The number of amides is 1. The molecule has 1 amide bonds. The third-order valence-electron chi connectivity index (χ3n) is 6.26. The number of nitrogens with zero attached hydrogens (tertiary/aromatic N) is 3. The van der Waals surface area contributed by atoms with E-state index >= 15 is 0 Å². The quantitative estimate of drug-likeness (QED) is 0.677.